The quantitative estimate of drug-likeness (QED) is 0.426. The van der Waals surface area contributed by atoms with Crippen LogP contribution in [0.15, 0.2) is 24.4 Å². The summed E-state index contributed by atoms with van der Waals surface area (Å²) >= 11 is 3.48. The molecule has 1 aromatic heterocycles. The zero-order chi connectivity index (χ0) is 9.73. The lowest BCUT2D eigenvalue weighted by Gasteiger charge is -2.07. The molecule has 0 aliphatic heterocycles. The number of hydrogen-bond acceptors (Lipinski definition) is 1. The normalized spacial score (nSPS) is 10.4. The van der Waals surface area contributed by atoms with Crippen LogP contribution in [0, 0.1) is 11.5 Å². The highest BCUT2D eigenvalue weighted by molar-refractivity contribution is 9.09. The number of pyridine rings is 1. The van der Waals surface area contributed by atoms with Gasteiger partial charge in [0.25, 0.3) is 0 Å². The van der Waals surface area contributed by atoms with Gasteiger partial charge in [-0.15, -0.1) is 5.54 Å². The van der Waals surface area contributed by atoms with Gasteiger partial charge < -0.3 is 0 Å². The first-order valence-corrected chi connectivity index (χ1v) is 8.47. The Morgan fingerprint density at radius 1 is 1.46 bits per heavy atom. The predicted molar refractivity (Wildman–Crippen MR) is 62.4 cm³/mol. The topological polar surface area (TPSA) is 12.9 Å². The maximum Gasteiger partial charge on any atom is 0.143 e. The molecule has 0 aliphatic carbocycles. The molecule has 1 nitrogen and oxygen atoms in total. The number of rotatable bonds is 1. The van der Waals surface area contributed by atoms with Crippen molar-refractivity contribution in [2.45, 2.75) is 13.1 Å². The van der Waals surface area contributed by atoms with E-state index in [4.69, 9.17) is 0 Å². The first-order chi connectivity index (χ1) is 6.14. The zero-order valence-electron chi connectivity index (χ0n) is 7.84. The molecule has 0 bridgehead atoms. The van der Waals surface area contributed by atoms with Gasteiger partial charge in [-0.05, 0) is 12.1 Å². The number of nitrogens with zero attached hydrogens (tertiary/aromatic N) is 1. The molecule has 0 atom stereocenters. The van der Waals surface area contributed by atoms with Crippen molar-refractivity contribution < 1.29 is 0 Å². The van der Waals surface area contributed by atoms with Crippen LogP contribution in [-0.2, 0) is 0 Å². The van der Waals surface area contributed by atoms with Gasteiger partial charge >= 0.3 is 0 Å². The predicted octanol–water partition coefficient (Wildman–Crippen LogP) is 2.61. The second kappa shape index (κ2) is 4.59. The molecule has 3 heteroatoms. The highest BCUT2D eigenvalue weighted by Crippen LogP contribution is 2.04. The van der Waals surface area contributed by atoms with Crippen LogP contribution in [0.4, 0.5) is 0 Å². The van der Waals surface area contributed by atoms with Crippen molar-refractivity contribution in [2.24, 2.45) is 0 Å². The Morgan fingerprint density at radius 3 is 2.77 bits per heavy atom. The van der Waals surface area contributed by atoms with Crippen molar-refractivity contribution in [3.8, 4) is 11.5 Å². The van der Waals surface area contributed by atoms with Crippen LogP contribution in [0.3, 0.4) is 0 Å². The molecule has 1 heterocycles. The smallest absolute Gasteiger partial charge is 0.143 e. The Morgan fingerprint density at radius 2 is 2.23 bits per heavy atom. The van der Waals surface area contributed by atoms with Crippen LogP contribution < -0.4 is 0 Å². The van der Waals surface area contributed by atoms with Crippen molar-refractivity contribution in [3.05, 3.63) is 30.1 Å². The van der Waals surface area contributed by atoms with Gasteiger partial charge in [0.2, 0.25) is 0 Å². The molecule has 1 aromatic rings. The minimum Gasteiger partial charge on any atom is -0.248 e. The lowest BCUT2D eigenvalue weighted by atomic mass is 10.4. The highest BCUT2D eigenvalue weighted by atomic mass is 79.9. The molecule has 1 rings (SSSR count). The van der Waals surface area contributed by atoms with Crippen molar-refractivity contribution in [3.63, 3.8) is 0 Å². The number of aromatic nitrogens is 1. The average molecular weight is 254 g/mol. The Kier molecular flexibility index (Phi) is 3.70. The fourth-order valence-corrected chi connectivity index (χ4v) is 1.66. The van der Waals surface area contributed by atoms with Gasteiger partial charge in [-0.1, -0.05) is 41.0 Å². The second-order valence-electron chi connectivity index (χ2n) is 3.48. The maximum atomic E-state index is 4.15. The van der Waals surface area contributed by atoms with Crippen LogP contribution in [0.2, 0.25) is 13.1 Å². The molecule has 0 aliphatic rings. The molecule has 0 saturated carbocycles. The van der Waals surface area contributed by atoms with Crippen molar-refractivity contribution in [1.29, 1.82) is 0 Å². The van der Waals surface area contributed by atoms with Gasteiger partial charge in [-0.2, -0.15) is 0 Å². The van der Waals surface area contributed by atoms with E-state index in [1.54, 1.807) is 6.20 Å². The lowest BCUT2D eigenvalue weighted by Crippen LogP contribution is -2.25. The first kappa shape index (κ1) is 10.5. The molecule has 0 aromatic carbocycles. The van der Waals surface area contributed by atoms with Crippen LogP contribution in [0.5, 0.6) is 0 Å². The monoisotopic (exact) mass is 253 g/mol. The van der Waals surface area contributed by atoms with E-state index in [1.165, 1.54) is 0 Å². The minimum absolute atomic E-state index is 0.865. The average Bonchev–Trinajstić information content (AvgIpc) is 2.17. The van der Waals surface area contributed by atoms with Crippen LogP contribution in [-0.4, -0.2) is 18.0 Å². The third-order valence-corrected chi connectivity index (χ3v) is 7.20. The lowest BCUT2D eigenvalue weighted by molar-refractivity contribution is 1.29. The van der Waals surface area contributed by atoms with Gasteiger partial charge in [0, 0.05) is 11.2 Å². The molecule has 0 saturated heterocycles. The van der Waals surface area contributed by atoms with E-state index in [9.17, 15) is 0 Å². The summed E-state index contributed by atoms with van der Waals surface area (Å²) in [4.78, 5) is 5.16. The van der Waals surface area contributed by atoms with E-state index in [-0.39, 0.29) is 0 Å². The fourth-order valence-electron chi connectivity index (χ4n) is 0.703. The van der Waals surface area contributed by atoms with Crippen LogP contribution in [0.25, 0.3) is 0 Å². The molecule has 0 fully saturated rings. The van der Waals surface area contributed by atoms with Crippen LogP contribution in [0.1, 0.15) is 5.69 Å². The maximum absolute atomic E-state index is 4.15. The van der Waals surface area contributed by atoms with Crippen molar-refractivity contribution in [1.82, 2.24) is 4.98 Å². The second-order valence-corrected chi connectivity index (χ2v) is 9.45. The molecule has 0 N–H and O–H groups in total. The number of hydrogen-bond donors (Lipinski definition) is 0. The van der Waals surface area contributed by atoms with E-state index in [1.807, 2.05) is 18.2 Å². The third kappa shape index (κ3) is 3.75. The molecule has 13 heavy (non-hydrogen) atoms. The van der Waals surface area contributed by atoms with Gasteiger partial charge in [-0.3, -0.25) is 0 Å². The minimum atomic E-state index is -1.34. The first-order valence-electron chi connectivity index (χ1n) is 4.14. The van der Waals surface area contributed by atoms with Crippen LogP contribution >= 0.6 is 15.9 Å². The summed E-state index contributed by atoms with van der Waals surface area (Å²) in [6.45, 7) is 4.47. The Bertz CT molecular complexity index is 324. The summed E-state index contributed by atoms with van der Waals surface area (Å²) < 4.78 is 0. The summed E-state index contributed by atoms with van der Waals surface area (Å²) in [5.41, 5.74) is 4.17. The molecule has 0 amide bonds. The Labute approximate surface area is 88.7 Å². The summed E-state index contributed by atoms with van der Waals surface area (Å²) in [6, 6.07) is 5.80. The summed E-state index contributed by atoms with van der Waals surface area (Å²) in [7, 11) is -1.34. The molecule has 0 radical (unpaired) electrons. The molecule has 0 unspecified atom stereocenters. The Hall–Kier alpha value is -0.593. The summed E-state index contributed by atoms with van der Waals surface area (Å²) in [5, 5.41) is 0. The molecule has 0 spiro atoms. The van der Waals surface area contributed by atoms with Gasteiger partial charge in [-0.25, -0.2) is 4.98 Å². The van der Waals surface area contributed by atoms with E-state index in [0.717, 1.165) is 10.6 Å². The fraction of sp³-hybridized carbons (Fsp3) is 0.300. The summed E-state index contributed by atoms with van der Waals surface area (Å²) in [5.74, 6) is 3.11. The van der Waals surface area contributed by atoms with E-state index < -0.39 is 8.07 Å². The highest BCUT2D eigenvalue weighted by Gasteiger charge is 2.14. The van der Waals surface area contributed by atoms with Gasteiger partial charge in [0.05, 0.1) is 0 Å². The third-order valence-electron chi connectivity index (χ3n) is 1.53. The SMILES string of the molecule is C[Si](C)(C#Cc1ccccn1)CBr. The largest absolute Gasteiger partial charge is 0.248 e. The van der Waals surface area contributed by atoms with Gasteiger partial charge in [0.1, 0.15) is 13.8 Å². The number of halogens is 1. The van der Waals surface area contributed by atoms with E-state index >= 15 is 0 Å². The Balaban J connectivity index is 2.79. The van der Waals surface area contributed by atoms with Gasteiger partial charge in [0.15, 0.2) is 0 Å². The van der Waals surface area contributed by atoms with E-state index in [0.29, 0.717) is 0 Å². The zero-order valence-corrected chi connectivity index (χ0v) is 10.4. The summed E-state index contributed by atoms with van der Waals surface area (Å²) in [6.07, 6.45) is 1.77. The molecular formula is C10H12BrNSi. The van der Waals surface area contributed by atoms with E-state index in [2.05, 4.69) is 45.5 Å². The van der Waals surface area contributed by atoms with Crippen molar-refractivity contribution >= 4 is 24.0 Å². The molecular weight excluding hydrogens is 242 g/mol. The standard InChI is InChI=1S/C10H12BrNSi/c1-13(2,9-11)8-6-10-5-3-4-7-12-10/h3-5,7H,9H2,1-2H3. The number of alkyl halides is 1. The molecule has 68 valence electrons. The van der Waals surface area contributed by atoms with Crippen molar-refractivity contribution in [2.75, 3.05) is 4.95 Å².